The third-order valence-corrected chi connectivity index (χ3v) is 2.78. The van der Waals surface area contributed by atoms with Crippen LogP contribution in [0.2, 0.25) is 5.02 Å². The van der Waals surface area contributed by atoms with Crippen LogP contribution in [0.25, 0.3) is 11.5 Å². The molecule has 6 heteroatoms. The molecule has 0 radical (unpaired) electrons. The Morgan fingerprint density at radius 3 is 2.94 bits per heavy atom. The van der Waals surface area contributed by atoms with Crippen LogP contribution < -0.4 is 5.32 Å². The van der Waals surface area contributed by atoms with E-state index in [4.69, 9.17) is 16.0 Å². The molecule has 1 aromatic carbocycles. The van der Waals surface area contributed by atoms with E-state index >= 15 is 0 Å². The highest BCUT2D eigenvalue weighted by Gasteiger charge is 2.16. The molecule has 0 bridgehead atoms. The standard InChI is InChI=1S/C12H13ClFN3O/c1-15-7-3-6-10-16-17-12(18-10)11-8(13)4-2-5-9(11)14/h2,4-5,15H,3,6-7H2,1H3. The zero-order chi connectivity index (χ0) is 13.0. The Morgan fingerprint density at radius 2 is 2.22 bits per heavy atom. The quantitative estimate of drug-likeness (QED) is 0.848. The predicted octanol–water partition coefficient (Wildman–Crippen LogP) is 2.68. The minimum Gasteiger partial charge on any atom is -0.421 e. The van der Waals surface area contributed by atoms with Crippen LogP contribution >= 0.6 is 11.6 Å². The molecule has 96 valence electrons. The largest absolute Gasteiger partial charge is 0.421 e. The van der Waals surface area contributed by atoms with Gasteiger partial charge in [-0.1, -0.05) is 17.7 Å². The van der Waals surface area contributed by atoms with Crippen LogP contribution in [0.5, 0.6) is 0 Å². The summed E-state index contributed by atoms with van der Waals surface area (Å²) < 4.78 is 19.0. The SMILES string of the molecule is CNCCCc1nnc(-c2c(F)cccc2Cl)o1. The van der Waals surface area contributed by atoms with Crippen molar-refractivity contribution in [3.05, 3.63) is 34.9 Å². The highest BCUT2D eigenvalue weighted by molar-refractivity contribution is 6.33. The lowest BCUT2D eigenvalue weighted by atomic mass is 10.2. The van der Waals surface area contributed by atoms with Crippen molar-refractivity contribution in [1.82, 2.24) is 15.5 Å². The molecule has 0 fully saturated rings. The van der Waals surface area contributed by atoms with Crippen molar-refractivity contribution in [2.24, 2.45) is 0 Å². The lowest BCUT2D eigenvalue weighted by Crippen LogP contribution is -2.08. The number of aromatic nitrogens is 2. The number of hydrogen-bond acceptors (Lipinski definition) is 4. The number of rotatable bonds is 5. The van der Waals surface area contributed by atoms with E-state index < -0.39 is 5.82 Å². The number of benzene rings is 1. The molecule has 0 aliphatic heterocycles. The molecule has 0 saturated carbocycles. The highest BCUT2D eigenvalue weighted by Crippen LogP contribution is 2.29. The monoisotopic (exact) mass is 269 g/mol. The van der Waals surface area contributed by atoms with E-state index in [1.54, 1.807) is 6.07 Å². The summed E-state index contributed by atoms with van der Waals surface area (Å²) in [5.74, 6) is 0.144. The summed E-state index contributed by atoms with van der Waals surface area (Å²) in [6.45, 7) is 0.859. The van der Waals surface area contributed by atoms with Crippen LogP contribution in [-0.4, -0.2) is 23.8 Å². The third kappa shape index (κ3) is 2.86. The average molecular weight is 270 g/mol. The first-order valence-electron chi connectivity index (χ1n) is 5.63. The van der Waals surface area contributed by atoms with Gasteiger partial charge in [0.15, 0.2) is 0 Å². The van der Waals surface area contributed by atoms with E-state index in [1.165, 1.54) is 12.1 Å². The Bertz CT molecular complexity index is 510. The van der Waals surface area contributed by atoms with Crippen molar-refractivity contribution in [3.63, 3.8) is 0 Å². The Balaban J connectivity index is 2.19. The first-order valence-corrected chi connectivity index (χ1v) is 6.01. The van der Waals surface area contributed by atoms with Gasteiger partial charge in [-0.25, -0.2) is 4.39 Å². The van der Waals surface area contributed by atoms with E-state index in [0.717, 1.165) is 13.0 Å². The molecule has 0 aliphatic carbocycles. The summed E-state index contributed by atoms with van der Waals surface area (Å²) in [6, 6.07) is 4.43. The molecule has 4 nitrogen and oxygen atoms in total. The Kier molecular flexibility index (Phi) is 4.28. The highest BCUT2D eigenvalue weighted by atomic mass is 35.5. The van der Waals surface area contributed by atoms with Gasteiger partial charge in [-0.05, 0) is 32.1 Å². The normalized spacial score (nSPS) is 10.8. The minimum absolute atomic E-state index is 0.123. The van der Waals surface area contributed by atoms with Crippen molar-refractivity contribution < 1.29 is 8.81 Å². The zero-order valence-electron chi connectivity index (χ0n) is 9.91. The number of aryl methyl sites for hydroxylation is 1. The fourth-order valence-corrected chi connectivity index (χ4v) is 1.82. The molecule has 2 rings (SSSR count). The number of hydrogen-bond donors (Lipinski definition) is 1. The molecule has 0 unspecified atom stereocenters. The van der Waals surface area contributed by atoms with Gasteiger partial charge in [-0.2, -0.15) is 0 Å². The molecular weight excluding hydrogens is 257 g/mol. The van der Waals surface area contributed by atoms with Crippen molar-refractivity contribution in [3.8, 4) is 11.5 Å². The number of halogens is 2. The topological polar surface area (TPSA) is 51.0 Å². The van der Waals surface area contributed by atoms with Gasteiger partial charge in [-0.15, -0.1) is 10.2 Å². The van der Waals surface area contributed by atoms with E-state index in [0.29, 0.717) is 12.3 Å². The maximum atomic E-state index is 13.6. The van der Waals surface area contributed by atoms with Gasteiger partial charge >= 0.3 is 0 Å². The van der Waals surface area contributed by atoms with Crippen molar-refractivity contribution >= 4 is 11.6 Å². The van der Waals surface area contributed by atoms with Crippen LogP contribution in [0.4, 0.5) is 4.39 Å². The second-order valence-electron chi connectivity index (χ2n) is 3.80. The summed E-state index contributed by atoms with van der Waals surface area (Å²) in [6.07, 6.45) is 1.53. The van der Waals surface area contributed by atoms with Crippen LogP contribution in [0.1, 0.15) is 12.3 Å². The maximum Gasteiger partial charge on any atom is 0.252 e. The molecule has 0 spiro atoms. The second kappa shape index (κ2) is 5.93. The molecule has 1 heterocycles. The first kappa shape index (κ1) is 13.0. The zero-order valence-corrected chi connectivity index (χ0v) is 10.7. The molecule has 1 aromatic heterocycles. The fraction of sp³-hybridized carbons (Fsp3) is 0.333. The summed E-state index contributed by atoms with van der Waals surface area (Å²) in [5, 5.41) is 11.0. The van der Waals surface area contributed by atoms with Gasteiger partial charge in [0.05, 0.1) is 10.6 Å². The molecule has 2 aromatic rings. The van der Waals surface area contributed by atoms with Gasteiger partial charge in [0, 0.05) is 6.42 Å². The lowest BCUT2D eigenvalue weighted by Gasteiger charge is -1.99. The van der Waals surface area contributed by atoms with Crippen molar-refractivity contribution in [1.29, 1.82) is 0 Å². The number of nitrogens with one attached hydrogen (secondary N) is 1. The van der Waals surface area contributed by atoms with Gasteiger partial charge in [-0.3, -0.25) is 0 Å². The smallest absolute Gasteiger partial charge is 0.252 e. The molecule has 0 aliphatic rings. The molecule has 0 amide bonds. The van der Waals surface area contributed by atoms with Gasteiger partial charge in [0.25, 0.3) is 5.89 Å². The summed E-state index contributed by atoms with van der Waals surface area (Å²) >= 11 is 5.92. The maximum absolute atomic E-state index is 13.6. The molecular formula is C12H13ClFN3O. The van der Waals surface area contributed by atoms with E-state index in [1.807, 2.05) is 7.05 Å². The van der Waals surface area contributed by atoms with Gasteiger partial charge < -0.3 is 9.73 Å². The van der Waals surface area contributed by atoms with Crippen molar-refractivity contribution in [2.75, 3.05) is 13.6 Å². The Hall–Kier alpha value is -1.46. The molecule has 1 N–H and O–H groups in total. The Labute approximate surface area is 109 Å². The van der Waals surface area contributed by atoms with E-state index in [2.05, 4.69) is 15.5 Å². The lowest BCUT2D eigenvalue weighted by molar-refractivity contribution is 0.491. The minimum atomic E-state index is -0.465. The summed E-state index contributed by atoms with van der Waals surface area (Å²) in [7, 11) is 1.87. The molecule has 0 saturated heterocycles. The number of nitrogens with zero attached hydrogens (tertiary/aromatic N) is 2. The Morgan fingerprint density at radius 1 is 1.39 bits per heavy atom. The fourth-order valence-electron chi connectivity index (χ4n) is 1.57. The second-order valence-corrected chi connectivity index (χ2v) is 4.21. The molecule has 18 heavy (non-hydrogen) atoms. The van der Waals surface area contributed by atoms with E-state index in [-0.39, 0.29) is 16.5 Å². The van der Waals surface area contributed by atoms with Crippen LogP contribution in [0.3, 0.4) is 0 Å². The summed E-state index contributed by atoms with van der Waals surface area (Å²) in [5.41, 5.74) is 0.159. The molecule has 0 atom stereocenters. The van der Waals surface area contributed by atoms with Crippen LogP contribution in [0, 0.1) is 5.82 Å². The van der Waals surface area contributed by atoms with Crippen molar-refractivity contribution in [2.45, 2.75) is 12.8 Å². The third-order valence-electron chi connectivity index (χ3n) is 2.46. The predicted molar refractivity (Wildman–Crippen MR) is 66.9 cm³/mol. The first-order chi connectivity index (χ1) is 8.72. The van der Waals surface area contributed by atoms with Crippen LogP contribution in [-0.2, 0) is 6.42 Å². The van der Waals surface area contributed by atoms with Crippen LogP contribution in [0.15, 0.2) is 22.6 Å². The van der Waals surface area contributed by atoms with Gasteiger partial charge in [0.1, 0.15) is 5.82 Å². The average Bonchev–Trinajstić information content (AvgIpc) is 2.78. The summed E-state index contributed by atoms with van der Waals surface area (Å²) in [4.78, 5) is 0. The van der Waals surface area contributed by atoms with Gasteiger partial charge in [0.2, 0.25) is 5.89 Å². The van der Waals surface area contributed by atoms with E-state index in [9.17, 15) is 4.39 Å².